The normalized spacial score (nSPS) is 15.6. The third kappa shape index (κ3) is 2.56. The summed E-state index contributed by atoms with van der Waals surface area (Å²) in [6.07, 6.45) is -4.41. The van der Waals surface area contributed by atoms with E-state index in [-0.39, 0.29) is 5.56 Å². The van der Waals surface area contributed by atoms with Crippen LogP contribution in [0.3, 0.4) is 0 Å². The summed E-state index contributed by atoms with van der Waals surface area (Å²) in [5, 5.41) is 9.09. The lowest BCUT2D eigenvalue weighted by Gasteiger charge is -2.22. The fourth-order valence-corrected chi connectivity index (χ4v) is 1.37. The lowest BCUT2D eigenvalue weighted by atomic mass is 9.93. The van der Waals surface area contributed by atoms with Crippen LogP contribution in [0.2, 0.25) is 0 Å². The highest BCUT2D eigenvalue weighted by Crippen LogP contribution is 2.33. The van der Waals surface area contributed by atoms with E-state index in [9.17, 15) is 13.2 Å². The smallest absolute Gasteiger partial charge is 0.393 e. The molecule has 16 heavy (non-hydrogen) atoms. The van der Waals surface area contributed by atoms with Gasteiger partial charge in [0, 0.05) is 12.4 Å². The van der Waals surface area contributed by atoms with E-state index in [1.54, 1.807) is 0 Å². The van der Waals surface area contributed by atoms with Gasteiger partial charge in [-0.15, -0.1) is 0 Å². The molecule has 0 fully saturated rings. The fraction of sp³-hybridized carbons (Fsp3) is 0.400. The molecule has 1 rings (SSSR count). The van der Waals surface area contributed by atoms with Gasteiger partial charge >= 0.3 is 6.18 Å². The Morgan fingerprint density at radius 2 is 1.88 bits per heavy atom. The van der Waals surface area contributed by atoms with Crippen molar-refractivity contribution < 1.29 is 18.3 Å². The summed E-state index contributed by atoms with van der Waals surface area (Å²) in [5.41, 5.74) is -1.69. The molecular weight excluding hydrogens is 239 g/mol. The first-order chi connectivity index (χ1) is 7.33. The first-order valence-electron chi connectivity index (χ1n) is 4.46. The van der Waals surface area contributed by atoms with E-state index < -0.39 is 23.9 Å². The van der Waals surface area contributed by atoms with Crippen LogP contribution in [0.5, 0.6) is 0 Å². The number of aliphatic hydroxyl groups excluding tert-OH is 1. The standard InChI is InChI=1S/C10H10F3NOS/c1-9(6-15,14-16)7-3-2-4-8(5-7)10(11,12)13/h2-5,15H,6H2,1H3. The van der Waals surface area contributed by atoms with E-state index in [1.807, 2.05) is 0 Å². The molecule has 1 aromatic carbocycles. The molecule has 0 aliphatic carbocycles. The number of aliphatic hydroxyl groups is 1. The highest BCUT2D eigenvalue weighted by Gasteiger charge is 2.33. The Kier molecular flexibility index (Phi) is 3.64. The summed E-state index contributed by atoms with van der Waals surface area (Å²) in [6.45, 7) is 1.05. The van der Waals surface area contributed by atoms with Crippen LogP contribution in [-0.2, 0) is 24.1 Å². The molecule has 0 radical (unpaired) electrons. The van der Waals surface area contributed by atoms with E-state index in [1.165, 1.54) is 19.1 Å². The molecule has 0 aliphatic heterocycles. The second-order valence-electron chi connectivity index (χ2n) is 3.60. The molecule has 1 N–H and O–H groups in total. The van der Waals surface area contributed by atoms with Crippen LogP contribution in [-0.4, -0.2) is 11.7 Å². The lowest BCUT2D eigenvalue weighted by Crippen LogP contribution is -2.24. The quantitative estimate of drug-likeness (QED) is 0.893. The molecule has 2 nitrogen and oxygen atoms in total. The van der Waals surface area contributed by atoms with Gasteiger partial charge in [-0.05, 0) is 24.6 Å². The van der Waals surface area contributed by atoms with Gasteiger partial charge in [-0.2, -0.15) is 13.2 Å². The molecule has 88 valence electrons. The Morgan fingerprint density at radius 1 is 1.31 bits per heavy atom. The van der Waals surface area contributed by atoms with Crippen molar-refractivity contribution in [2.75, 3.05) is 6.61 Å². The first kappa shape index (κ1) is 13.1. The number of nitrogens with zero attached hydrogens (tertiary/aromatic N) is 1. The number of benzene rings is 1. The van der Waals surface area contributed by atoms with E-state index in [0.29, 0.717) is 0 Å². The zero-order valence-corrected chi connectivity index (χ0v) is 9.27. The number of hydrogen-bond acceptors (Lipinski definition) is 3. The number of halogens is 3. The van der Waals surface area contributed by atoms with Gasteiger partial charge in [0.2, 0.25) is 0 Å². The van der Waals surface area contributed by atoms with Crippen molar-refractivity contribution in [3.63, 3.8) is 0 Å². The maximum Gasteiger partial charge on any atom is 0.416 e. The number of hydrogen-bond donors (Lipinski definition) is 1. The summed E-state index contributed by atoms with van der Waals surface area (Å²) in [7, 11) is 0. The Bertz CT molecular complexity index is 394. The number of alkyl halides is 3. The van der Waals surface area contributed by atoms with Gasteiger partial charge in [0.05, 0.1) is 12.2 Å². The van der Waals surface area contributed by atoms with Crippen molar-refractivity contribution in [3.8, 4) is 0 Å². The summed E-state index contributed by atoms with van der Waals surface area (Å²) in [5.74, 6) is 0. The molecule has 1 aromatic rings. The topological polar surface area (TPSA) is 32.6 Å². The van der Waals surface area contributed by atoms with Crippen molar-refractivity contribution in [1.82, 2.24) is 0 Å². The van der Waals surface area contributed by atoms with Crippen LogP contribution in [0, 0.1) is 0 Å². The monoisotopic (exact) mass is 249 g/mol. The maximum atomic E-state index is 12.4. The molecule has 1 unspecified atom stereocenters. The SMILES string of the molecule is CC(CO)(N=S)c1cccc(C(F)(F)F)c1. The number of rotatable bonds is 3. The average molecular weight is 249 g/mol. The Labute approximate surface area is 96.3 Å². The van der Waals surface area contributed by atoms with Gasteiger partial charge in [-0.3, -0.25) is 0 Å². The second kappa shape index (κ2) is 4.47. The molecule has 0 amide bonds. The minimum absolute atomic E-state index is 0.250. The van der Waals surface area contributed by atoms with Gasteiger partial charge in [-0.25, -0.2) is 4.36 Å². The third-order valence-electron chi connectivity index (χ3n) is 2.32. The molecule has 0 spiro atoms. The summed E-state index contributed by atoms with van der Waals surface area (Å²) < 4.78 is 40.8. The fourth-order valence-electron chi connectivity index (χ4n) is 1.20. The summed E-state index contributed by atoms with van der Waals surface area (Å²) in [4.78, 5) is 0. The maximum absolute atomic E-state index is 12.4. The molecule has 1 atom stereocenters. The molecule has 0 heterocycles. The van der Waals surface area contributed by atoms with E-state index in [0.717, 1.165) is 12.1 Å². The van der Waals surface area contributed by atoms with Crippen molar-refractivity contribution in [2.45, 2.75) is 18.6 Å². The van der Waals surface area contributed by atoms with Crippen LogP contribution in [0.15, 0.2) is 28.6 Å². The summed E-state index contributed by atoms with van der Waals surface area (Å²) in [6, 6.07) is 4.64. The molecule has 6 heteroatoms. The molecule has 0 bridgehead atoms. The Hall–Kier alpha value is -1.01. The summed E-state index contributed by atoms with van der Waals surface area (Å²) >= 11 is 4.49. The predicted octanol–water partition coefficient (Wildman–Crippen LogP) is 2.64. The van der Waals surface area contributed by atoms with Crippen LogP contribution in [0.1, 0.15) is 18.1 Å². The average Bonchev–Trinajstić information content (AvgIpc) is 2.27. The third-order valence-corrected chi connectivity index (χ3v) is 2.72. The van der Waals surface area contributed by atoms with Crippen LogP contribution < -0.4 is 0 Å². The minimum atomic E-state index is -4.41. The van der Waals surface area contributed by atoms with Crippen molar-refractivity contribution in [1.29, 1.82) is 0 Å². The Balaban J connectivity index is 3.22. The minimum Gasteiger partial charge on any atom is -0.393 e. The highest BCUT2D eigenvalue weighted by atomic mass is 32.1. The van der Waals surface area contributed by atoms with Gasteiger partial charge in [-0.1, -0.05) is 12.1 Å². The molecule has 0 aromatic heterocycles. The lowest BCUT2D eigenvalue weighted by molar-refractivity contribution is -0.137. The van der Waals surface area contributed by atoms with Gasteiger partial charge in [0.25, 0.3) is 0 Å². The van der Waals surface area contributed by atoms with E-state index in [2.05, 4.69) is 16.8 Å². The Morgan fingerprint density at radius 3 is 2.31 bits per heavy atom. The van der Waals surface area contributed by atoms with Gasteiger partial charge in [0.15, 0.2) is 0 Å². The van der Waals surface area contributed by atoms with E-state index in [4.69, 9.17) is 5.11 Å². The van der Waals surface area contributed by atoms with Gasteiger partial charge in [0.1, 0.15) is 5.54 Å². The second-order valence-corrected chi connectivity index (χ2v) is 3.78. The van der Waals surface area contributed by atoms with Crippen LogP contribution in [0.4, 0.5) is 13.2 Å². The van der Waals surface area contributed by atoms with Crippen LogP contribution in [0.25, 0.3) is 0 Å². The largest absolute Gasteiger partial charge is 0.416 e. The zero-order valence-electron chi connectivity index (χ0n) is 8.45. The zero-order chi connectivity index (χ0) is 12.4. The molecule has 0 saturated carbocycles. The van der Waals surface area contributed by atoms with Crippen LogP contribution >= 0.6 is 0 Å². The highest BCUT2D eigenvalue weighted by molar-refractivity contribution is 7.47. The van der Waals surface area contributed by atoms with Gasteiger partial charge < -0.3 is 5.11 Å². The first-order valence-corrected chi connectivity index (χ1v) is 4.83. The van der Waals surface area contributed by atoms with Crippen molar-refractivity contribution >= 4 is 12.4 Å². The molecule has 0 aliphatic rings. The van der Waals surface area contributed by atoms with E-state index >= 15 is 0 Å². The molecular formula is C10H10F3NOS. The molecule has 0 saturated heterocycles. The van der Waals surface area contributed by atoms with Crippen molar-refractivity contribution in [2.24, 2.45) is 4.36 Å². The predicted molar refractivity (Wildman–Crippen MR) is 55.7 cm³/mol. The van der Waals surface area contributed by atoms with Crippen molar-refractivity contribution in [3.05, 3.63) is 35.4 Å².